The van der Waals surface area contributed by atoms with Gasteiger partial charge >= 0.3 is 0 Å². The third-order valence-corrected chi connectivity index (χ3v) is 4.77. The highest BCUT2D eigenvalue weighted by Gasteiger charge is 2.20. The quantitative estimate of drug-likeness (QED) is 0.612. The third kappa shape index (κ3) is 6.14. The number of carbonyl (C=O) groups excluding carboxylic acids is 1. The molecule has 0 bridgehead atoms. The molecule has 0 aromatic heterocycles. The number of nitriles is 1. The molecular formula is C22H23BrN2O3. The van der Waals surface area contributed by atoms with Gasteiger partial charge in [0.2, 0.25) is 5.91 Å². The van der Waals surface area contributed by atoms with Crippen LogP contribution in [0.3, 0.4) is 0 Å². The van der Waals surface area contributed by atoms with Crippen molar-refractivity contribution in [1.82, 2.24) is 5.32 Å². The summed E-state index contributed by atoms with van der Waals surface area (Å²) in [7, 11) is 1.53. The number of rotatable bonds is 8. The first kappa shape index (κ1) is 21.5. The maximum absolute atomic E-state index is 12.2. The van der Waals surface area contributed by atoms with Crippen LogP contribution in [0.15, 0.2) is 53.0 Å². The summed E-state index contributed by atoms with van der Waals surface area (Å²) >= 11 is 3.43. The molecule has 2 aromatic rings. The minimum absolute atomic E-state index is 0.0535. The molecule has 0 radical (unpaired) electrons. The van der Waals surface area contributed by atoms with E-state index in [9.17, 15) is 4.79 Å². The van der Waals surface area contributed by atoms with E-state index in [-0.39, 0.29) is 17.9 Å². The summed E-state index contributed by atoms with van der Waals surface area (Å²) in [6.07, 6.45) is 3.20. The zero-order chi connectivity index (χ0) is 20.6. The molecule has 0 aliphatic rings. The van der Waals surface area contributed by atoms with Gasteiger partial charge in [-0.15, -0.1) is 0 Å². The first-order chi connectivity index (χ1) is 13.4. The summed E-state index contributed by atoms with van der Waals surface area (Å²) in [5, 5.41) is 11.6. The van der Waals surface area contributed by atoms with Crippen LogP contribution in [0.25, 0.3) is 6.08 Å². The van der Waals surface area contributed by atoms with Gasteiger partial charge in [-0.25, -0.2) is 0 Å². The lowest BCUT2D eigenvalue weighted by Gasteiger charge is -2.25. The van der Waals surface area contributed by atoms with Gasteiger partial charge in [0.1, 0.15) is 6.07 Å². The fraction of sp³-hybridized carbons (Fsp3) is 0.273. The van der Waals surface area contributed by atoms with Crippen molar-refractivity contribution >= 4 is 27.9 Å². The van der Waals surface area contributed by atoms with Gasteiger partial charge in [0.15, 0.2) is 18.1 Å². The second-order valence-electron chi connectivity index (χ2n) is 6.80. The molecule has 0 saturated carbocycles. The SMILES string of the molecule is COc1cc(C=CC(=O)NCC(C)(C)c2ccc(Br)cc2)ccc1OCC#N. The Hall–Kier alpha value is -2.78. The lowest BCUT2D eigenvalue weighted by atomic mass is 9.84. The maximum atomic E-state index is 12.2. The Morgan fingerprint density at radius 3 is 2.57 bits per heavy atom. The smallest absolute Gasteiger partial charge is 0.244 e. The van der Waals surface area contributed by atoms with E-state index in [2.05, 4.69) is 35.1 Å². The molecule has 146 valence electrons. The van der Waals surface area contributed by atoms with Crippen molar-refractivity contribution in [2.24, 2.45) is 0 Å². The number of hydrogen-bond donors (Lipinski definition) is 1. The number of ether oxygens (including phenoxy) is 2. The van der Waals surface area contributed by atoms with Gasteiger partial charge in [0.05, 0.1) is 7.11 Å². The molecule has 2 aromatic carbocycles. The summed E-state index contributed by atoms with van der Waals surface area (Å²) in [6, 6.07) is 15.3. The van der Waals surface area contributed by atoms with Crippen molar-refractivity contribution in [3.8, 4) is 17.6 Å². The molecule has 0 heterocycles. The van der Waals surface area contributed by atoms with Gasteiger partial charge in [-0.3, -0.25) is 4.79 Å². The second kappa shape index (κ2) is 9.95. The molecule has 0 unspecified atom stereocenters. The van der Waals surface area contributed by atoms with Gasteiger partial charge in [0.25, 0.3) is 0 Å². The van der Waals surface area contributed by atoms with Gasteiger partial charge in [0, 0.05) is 22.5 Å². The van der Waals surface area contributed by atoms with Crippen molar-refractivity contribution in [1.29, 1.82) is 5.26 Å². The number of benzene rings is 2. The molecule has 2 rings (SSSR count). The first-order valence-electron chi connectivity index (χ1n) is 8.75. The number of halogens is 1. The zero-order valence-corrected chi connectivity index (χ0v) is 17.7. The normalized spacial score (nSPS) is 11.1. The van der Waals surface area contributed by atoms with E-state index in [1.807, 2.05) is 30.3 Å². The van der Waals surface area contributed by atoms with Gasteiger partial charge < -0.3 is 14.8 Å². The average Bonchev–Trinajstić information content (AvgIpc) is 2.69. The van der Waals surface area contributed by atoms with Crippen LogP contribution in [0.1, 0.15) is 25.0 Å². The van der Waals surface area contributed by atoms with Gasteiger partial charge in [-0.2, -0.15) is 5.26 Å². The molecule has 1 amide bonds. The predicted molar refractivity (Wildman–Crippen MR) is 113 cm³/mol. The predicted octanol–water partition coefficient (Wildman–Crippen LogP) is 4.47. The Balaban J connectivity index is 1.97. The van der Waals surface area contributed by atoms with Gasteiger partial charge in [-0.1, -0.05) is 48.0 Å². The summed E-state index contributed by atoms with van der Waals surface area (Å²) in [5.41, 5.74) is 1.76. The molecule has 0 fully saturated rings. The zero-order valence-electron chi connectivity index (χ0n) is 16.2. The van der Waals surface area contributed by atoms with E-state index >= 15 is 0 Å². The second-order valence-corrected chi connectivity index (χ2v) is 7.71. The van der Waals surface area contributed by atoms with Crippen molar-refractivity contribution in [2.45, 2.75) is 19.3 Å². The van der Waals surface area contributed by atoms with Crippen LogP contribution in [0.5, 0.6) is 11.5 Å². The molecule has 6 heteroatoms. The molecule has 0 aliphatic carbocycles. The van der Waals surface area contributed by atoms with E-state index in [0.29, 0.717) is 18.0 Å². The molecule has 1 N–H and O–H groups in total. The Kier molecular flexibility index (Phi) is 7.65. The lowest BCUT2D eigenvalue weighted by Crippen LogP contribution is -2.35. The largest absolute Gasteiger partial charge is 0.493 e. The van der Waals surface area contributed by atoms with E-state index in [4.69, 9.17) is 14.7 Å². The number of carbonyl (C=O) groups is 1. The summed E-state index contributed by atoms with van der Waals surface area (Å²) in [4.78, 5) is 12.2. The third-order valence-electron chi connectivity index (χ3n) is 4.24. The molecule has 5 nitrogen and oxygen atoms in total. The van der Waals surface area contributed by atoms with Crippen LogP contribution in [0, 0.1) is 11.3 Å². The van der Waals surface area contributed by atoms with Crippen molar-refractivity contribution in [3.63, 3.8) is 0 Å². The highest BCUT2D eigenvalue weighted by atomic mass is 79.9. The van der Waals surface area contributed by atoms with Crippen LogP contribution >= 0.6 is 15.9 Å². The number of amides is 1. The monoisotopic (exact) mass is 442 g/mol. The van der Waals surface area contributed by atoms with Crippen LogP contribution in [-0.4, -0.2) is 26.2 Å². The Morgan fingerprint density at radius 1 is 1.21 bits per heavy atom. The average molecular weight is 443 g/mol. The van der Waals surface area contributed by atoms with E-state index in [1.165, 1.54) is 13.2 Å². The number of nitrogens with zero attached hydrogens (tertiary/aromatic N) is 1. The van der Waals surface area contributed by atoms with Crippen molar-refractivity contribution in [2.75, 3.05) is 20.3 Å². The van der Waals surface area contributed by atoms with E-state index in [0.717, 1.165) is 15.6 Å². The molecular weight excluding hydrogens is 420 g/mol. The maximum Gasteiger partial charge on any atom is 0.244 e. The summed E-state index contributed by atoms with van der Waals surface area (Å²) in [6.45, 7) is 4.64. The molecule has 0 atom stereocenters. The molecule has 0 aliphatic heterocycles. The Labute approximate surface area is 174 Å². The van der Waals surface area contributed by atoms with Gasteiger partial charge in [-0.05, 0) is 41.5 Å². The Bertz CT molecular complexity index is 884. The molecule has 0 spiro atoms. The minimum Gasteiger partial charge on any atom is -0.493 e. The summed E-state index contributed by atoms with van der Waals surface area (Å²) < 4.78 is 11.6. The number of methoxy groups -OCH3 is 1. The minimum atomic E-state index is -0.187. The highest BCUT2D eigenvalue weighted by Crippen LogP contribution is 2.28. The fourth-order valence-corrected chi connectivity index (χ4v) is 2.82. The van der Waals surface area contributed by atoms with E-state index < -0.39 is 0 Å². The number of hydrogen-bond acceptors (Lipinski definition) is 4. The molecule has 28 heavy (non-hydrogen) atoms. The topological polar surface area (TPSA) is 71.3 Å². The summed E-state index contributed by atoms with van der Waals surface area (Å²) in [5.74, 6) is 0.824. The Morgan fingerprint density at radius 2 is 1.93 bits per heavy atom. The molecule has 0 saturated heterocycles. The van der Waals surface area contributed by atoms with Crippen LogP contribution in [0.2, 0.25) is 0 Å². The van der Waals surface area contributed by atoms with Crippen molar-refractivity contribution in [3.05, 3.63) is 64.1 Å². The lowest BCUT2D eigenvalue weighted by molar-refractivity contribution is -0.116. The van der Waals surface area contributed by atoms with Crippen molar-refractivity contribution < 1.29 is 14.3 Å². The van der Waals surface area contributed by atoms with Crippen LogP contribution in [0.4, 0.5) is 0 Å². The van der Waals surface area contributed by atoms with Crippen LogP contribution < -0.4 is 14.8 Å². The first-order valence-corrected chi connectivity index (χ1v) is 9.55. The van der Waals surface area contributed by atoms with E-state index in [1.54, 1.807) is 24.3 Å². The number of nitrogens with one attached hydrogen (secondary N) is 1. The highest BCUT2D eigenvalue weighted by molar-refractivity contribution is 9.10. The van der Waals surface area contributed by atoms with Crippen LogP contribution in [-0.2, 0) is 10.2 Å². The fourth-order valence-electron chi connectivity index (χ4n) is 2.56. The standard InChI is InChI=1S/C22H23BrN2O3/c1-22(2,17-6-8-18(23)9-7-17)15-25-21(26)11-5-16-4-10-19(28-13-12-24)20(14-16)27-3/h4-11,14H,13,15H2,1-3H3,(H,25,26).